The van der Waals surface area contributed by atoms with E-state index in [9.17, 15) is 4.79 Å². The van der Waals surface area contributed by atoms with E-state index in [0.29, 0.717) is 25.0 Å². The highest BCUT2D eigenvalue weighted by atomic mass is 16.5. The fourth-order valence-electron chi connectivity index (χ4n) is 5.22. The van der Waals surface area contributed by atoms with Gasteiger partial charge in [0.05, 0.1) is 24.8 Å². The number of carbonyl (C=O) groups is 1. The summed E-state index contributed by atoms with van der Waals surface area (Å²) in [5, 5.41) is 0. The van der Waals surface area contributed by atoms with E-state index in [0.717, 1.165) is 60.7 Å². The summed E-state index contributed by atoms with van der Waals surface area (Å²) in [5.41, 5.74) is 2.14. The zero-order chi connectivity index (χ0) is 21.9. The molecule has 1 atom stereocenters. The Bertz CT molecular complexity index is 1090. The van der Waals surface area contributed by atoms with Gasteiger partial charge in [-0.1, -0.05) is 31.0 Å². The largest absolute Gasteiger partial charge is 0.497 e. The second kappa shape index (κ2) is 9.23. The summed E-state index contributed by atoms with van der Waals surface area (Å²) >= 11 is 0. The van der Waals surface area contributed by atoms with Crippen LogP contribution in [0.3, 0.4) is 0 Å². The maximum absolute atomic E-state index is 12.8. The van der Waals surface area contributed by atoms with Crippen molar-refractivity contribution in [2.24, 2.45) is 0 Å². The highest BCUT2D eigenvalue weighted by Crippen LogP contribution is 2.35. The molecule has 2 fully saturated rings. The molecule has 1 amide bonds. The Balaban J connectivity index is 1.30. The van der Waals surface area contributed by atoms with Gasteiger partial charge in [0.1, 0.15) is 17.3 Å². The van der Waals surface area contributed by atoms with Crippen LogP contribution in [-0.2, 0) is 11.3 Å². The summed E-state index contributed by atoms with van der Waals surface area (Å²) in [7, 11) is 1.66. The van der Waals surface area contributed by atoms with Crippen LogP contribution < -0.4 is 9.47 Å². The number of rotatable bonds is 8. The zero-order valence-electron chi connectivity index (χ0n) is 18.7. The van der Waals surface area contributed by atoms with E-state index in [1.165, 1.54) is 12.8 Å². The van der Waals surface area contributed by atoms with E-state index in [2.05, 4.69) is 27.7 Å². The molecule has 5 rings (SSSR count). The molecular weight excluding hydrogens is 402 g/mol. The van der Waals surface area contributed by atoms with Gasteiger partial charge in [-0.25, -0.2) is 4.98 Å². The van der Waals surface area contributed by atoms with Crippen molar-refractivity contribution >= 4 is 16.9 Å². The fourth-order valence-corrected chi connectivity index (χ4v) is 5.22. The third-order valence-electron chi connectivity index (χ3n) is 6.81. The number of ether oxygens (including phenoxy) is 2. The monoisotopic (exact) mass is 433 g/mol. The molecule has 6 heteroatoms. The van der Waals surface area contributed by atoms with Crippen molar-refractivity contribution < 1.29 is 14.3 Å². The molecule has 2 heterocycles. The highest BCUT2D eigenvalue weighted by molar-refractivity contribution is 5.81. The molecule has 1 unspecified atom stereocenters. The maximum Gasteiger partial charge on any atom is 0.223 e. The first-order chi connectivity index (χ1) is 15.7. The number of carbonyl (C=O) groups excluding carboxylic acids is 1. The number of benzene rings is 2. The summed E-state index contributed by atoms with van der Waals surface area (Å²) in [4.78, 5) is 19.9. The Kier molecular flexibility index (Phi) is 6.02. The van der Waals surface area contributed by atoms with Crippen molar-refractivity contribution in [2.75, 3.05) is 20.3 Å². The summed E-state index contributed by atoms with van der Waals surface area (Å²) in [6, 6.07) is 16.4. The summed E-state index contributed by atoms with van der Waals surface area (Å²) in [6.45, 7) is 2.22. The van der Waals surface area contributed by atoms with Crippen LogP contribution in [0.15, 0.2) is 48.5 Å². The van der Waals surface area contributed by atoms with Crippen molar-refractivity contribution in [1.29, 1.82) is 0 Å². The number of imidazole rings is 1. The number of para-hydroxylation sites is 2. The summed E-state index contributed by atoms with van der Waals surface area (Å²) in [6.07, 6.45) is 6.21. The van der Waals surface area contributed by atoms with Gasteiger partial charge in [-0.3, -0.25) is 4.79 Å². The van der Waals surface area contributed by atoms with Crippen molar-refractivity contribution in [3.63, 3.8) is 0 Å². The van der Waals surface area contributed by atoms with Crippen LogP contribution in [0.25, 0.3) is 11.0 Å². The molecule has 1 aliphatic carbocycles. The topological polar surface area (TPSA) is 56.6 Å². The van der Waals surface area contributed by atoms with E-state index in [1.807, 2.05) is 30.3 Å². The molecule has 32 heavy (non-hydrogen) atoms. The predicted molar refractivity (Wildman–Crippen MR) is 124 cm³/mol. The van der Waals surface area contributed by atoms with Gasteiger partial charge in [0.2, 0.25) is 5.91 Å². The van der Waals surface area contributed by atoms with Crippen LogP contribution in [0.4, 0.5) is 0 Å². The summed E-state index contributed by atoms with van der Waals surface area (Å²) in [5.74, 6) is 3.11. The van der Waals surface area contributed by atoms with Crippen molar-refractivity contribution in [2.45, 2.75) is 57.0 Å². The average Bonchev–Trinajstić information content (AvgIpc) is 3.55. The molecule has 0 spiro atoms. The van der Waals surface area contributed by atoms with Gasteiger partial charge in [0, 0.05) is 37.5 Å². The number of nitrogens with zero attached hydrogens (tertiary/aromatic N) is 3. The Morgan fingerprint density at radius 3 is 2.72 bits per heavy atom. The van der Waals surface area contributed by atoms with Crippen molar-refractivity contribution in [1.82, 2.24) is 14.5 Å². The number of methoxy groups -OCH3 is 1. The van der Waals surface area contributed by atoms with Crippen LogP contribution in [0.2, 0.25) is 0 Å². The van der Waals surface area contributed by atoms with Gasteiger partial charge in [-0.15, -0.1) is 0 Å². The van der Waals surface area contributed by atoms with Crippen LogP contribution in [0.1, 0.15) is 50.3 Å². The standard InChI is InChI=1S/C26H31N3O3/c1-31-21-10-6-11-22(17-21)32-15-7-14-28-24-13-5-4-12-23(24)27-26(28)19-16-25(30)29(18-19)20-8-2-3-9-20/h4-6,10-13,17,19-20H,2-3,7-9,14-16,18H2,1H3. The lowest BCUT2D eigenvalue weighted by molar-refractivity contribution is -0.129. The lowest BCUT2D eigenvalue weighted by atomic mass is 10.1. The van der Waals surface area contributed by atoms with Crippen molar-refractivity contribution in [3.8, 4) is 11.5 Å². The minimum atomic E-state index is 0.162. The molecule has 0 N–H and O–H groups in total. The minimum absolute atomic E-state index is 0.162. The third-order valence-corrected chi connectivity index (χ3v) is 6.81. The van der Waals surface area contributed by atoms with Crippen LogP contribution in [-0.4, -0.2) is 46.7 Å². The van der Waals surface area contributed by atoms with E-state index in [4.69, 9.17) is 14.5 Å². The molecule has 2 aliphatic rings. The van der Waals surface area contributed by atoms with E-state index < -0.39 is 0 Å². The number of hydrogen-bond acceptors (Lipinski definition) is 4. The van der Waals surface area contributed by atoms with Gasteiger partial charge >= 0.3 is 0 Å². The molecule has 0 radical (unpaired) electrons. The van der Waals surface area contributed by atoms with E-state index in [1.54, 1.807) is 7.11 Å². The molecule has 1 saturated carbocycles. The SMILES string of the molecule is COc1cccc(OCCCn2c(C3CC(=O)N(C4CCCC4)C3)nc3ccccc32)c1. The first-order valence-electron chi connectivity index (χ1n) is 11.7. The average molecular weight is 434 g/mol. The Morgan fingerprint density at radius 1 is 1.06 bits per heavy atom. The molecule has 1 saturated heterocycles. The summed E-state index contributed by atoms with van der Waals surface area (Å²) < 4.78 is 13.5. The Hall–Kier alpha value is -3.02. The lowest BCUT2D eigenvalue weighted by Crippen LogP contribution is -2.34. The van der Waals surface area contributed by atoms with Crippen LogP contribution in [0, 0.1) is 0 Å². The number of likely N-dealkylation sites (tertiary alicyclic amines) is 1. The number of fused-ring (bicyclic) bond motifs is 1. The number of amides is 1. The van der Waals surface area contributed by atoms with E-state index in [-0.39, 0.29) is 5.92 Å². The van der Waals surface area contributed by atoms with Crippen LogP contribution >= 0.6 is 0 Å². The quantitative estimate of drug-likeness (QED) is 0.480. The first kappa shape index (κ1) is 20.9. The second-order valence-electron chi connectivity index (χ2n) is 8.88. The van der Waals surface area contributed by atoms with Gasteiger partial charge < -0.3 is 18.9 Å². The predicted octanol–water partition coefficient (Wildman–Crippen LogP) is 4.77. The molecule has 2 aromatic carbocycles. The van der Waals surface area contributed by atoms with Gasteiger partial charge in [0.15, 0.2) is 0 Å². The Labute approximate surface area is 189 Å². The molecular formula is C26H31N3O3. The molecule has 168 valence electrons. The van der Waals surface area contributed by atoms with E-state index >= 15 is 0 Å². The number of hydrogen-bond donors (Lipinski definition) is 0. The second-order valence-corrected chi connectivity index (χ2v) is 8.88. The van der Waals surface area contributed by atoms with Gasteiger partial charge in [0.25, 0.3) is 0 Å². The number of aryl methyl sites for hydroxylation is 1. The Morgan fingerprint density at radius 2 is 1.88 bits per heavy atom. The highest BCUT2D eigenvalue weighted by Gasteiger charge is 2.38. The molecule has 1 aliphatic heterocycles. The third kappa shape index (κ3) is 4.18. The molecule has 0 bridgehead atoms. The van der Waals surface area contributed by atoms with Gasteiger partial charge in [-0.05, 0) is 43.5 Å². The molecule has 1 aromatic heterocycles. The fraction of sp³-hybridized carbons (Fsp3) is 0.462. The zero-order valence-corrected chi connectivity index (χ0v) is 18.7. The van der Waals surface area contributed by atoms with Gasteiger partial charge in [-0.2, -0.15) is 0 Å². The molecule has 6 nitrogen and oxygen atoms in total. The normalized spacial score (nSPS) is 19.2. The van der Waals surface area contributed by atoms with Crippen molar-refractivity contribution in [3.05, 3.63) is 54.4 Å². The van der Waals surface area contributed by atoms with Crippen LogP contribution in [0.5, 0.6) is 11.5 Å². The molecule has 3 aromatic rings. The number of aromatic nitrogens is 2. The maximum atomic E-state index is 12.8. The minimum Gasteiger partial charge on any atom is -0.497 e. The lowest BCUT2D eigenvalue weighted by Gasteiger charge is -2.24. The smallest absolute Gasteiger partial charge is 0.223 e. The first-order valence-corrected chi connectivity index (χ1v) is 11.7.